The lowest BCUT2D eigenvalue weighted by Crippen LogP contribution is -2.49. The first-order chi connectivity index (χ1) is 18.2. The highest BCUT2D eigenvalue weighted by molar-refractivity contribution is 7.07. The van der Waals surface area contributed by atoms with E-state index in [1.165, 1.54) is 11.5 Å². The highest BCUT2D eigenvalue weighted by Gasteiger charge is 2.23. The summed E-state index contributed by atoms with van der Waals surface area (Å²) in [6.07, 6.45) is 1.05. The molecular formula is C29H30N4O3S. The van der Waals surface area contributed by atoms with Gasteiger partial charge in [0.1, 0.15) is 11.5 Å². The van der Waals surface area contributed by atoms with E-state index in [1.54, 1.807) is 0 Å². The Labute approximate surface area is 221 Å². The van der Waals surface area contributed by atoms with Crippen molar-refractivity contribution in [3.8, 4) is 16.7 Å². The van der Waals surface area contributed by atoms with Gasteiger partial charge in [-0.3, -0.25) is 4.79 Å². The van der Waals surface area contributed by atoms with Crippen LogP contribution in [-0.4, -0.2) is 53.0 Å². The Bertz CT molecular complexity index is 1300. The van der Waals surface area contributed by atoms with Crippen LogP contribution < -0.4 is 14.4 Å². The molecule has 0 saturated carbocycles. The molecule has 190 valence electrons. The highest BCUT2D eigenvalue weighted by Crippen LogP contribution is 2.29. The average Bonchev–Trinajstić information content (AvgIpc) is 3.37. The minimum absolute atomic E-state index is 0.140. The molecule has 1 fully saturated rings. The number of carbonyl (C=O) groups excluding carboxylic acids is 1. The zero-order valence-electron chi connectivity index (χ0n) is 20.9. The van der Waals surface area contributed by atoms with Crippen LogP contribution in [0.15, 0.2) is 78.9 Å². The highest BCUT2D eigenvalue weighted by atomic mass is 32.1. The van der Waals surface area contributed by atoms with Crippen molar-refractivity contribution in [2.75, 3.05) is 37.7 Å². The molecule has 4 aromatic rings. The summed E-state index contributed by atoms with van der Waals surface area (Å²) in [6, 6.07) is 25.9. The quantitative estimate of drug-likeness (QED) is 0.305. The molecule has 5 rings (SSSR count). The maximum atomic E-state index is 12.9. The summed E-state index contributed by atoms with van der Waals surface area (Å²) in [4.78, 5) is 21.7. The van der Waals surface area contributed by atoms with E-state index in [1.807, 2.05) is 72.5 Å². The van der Waals surface area contributed by atoms with E-state index >= 15 is 0 Å². The fourth-order valence-corrected chi connectivity index (χ4v) is 4.95. The van der Waals surface area contributed by atoms with Crippen LogP contribution >= 0.6 is 11.5 Å². The number of rotatable bonds is 9. The summed E-state index contributed by atoms with van der Waals surface area (Å²) >= 11 is 1.24. The monoisotopic (exact) mass is 514 g/mol. The number of ether oxygens (including phenoxy) is 2. The lowest BCUT2D eigenvalue weighted by molar-refractivity contribution is -0.130. The number of para-hydroxylation sites is 2. The maximum absolute atomic E-state index is 12.9. The van der Waals surface area contributed by atoms with Gasteiger partial charge < -0.3 is 19.3 Å². The topological polar surface area (TPSA) is 67.8 Å². The number of amides is 1. The van der Waals surface area contributed by atoms with Crippen LogP contribution in [0, 0.1) is 0 Å². The maximum Gasteiger partial charge on any atom is 0.298 e. The summed E-state index contributed by atoms with van der Waals surface area (Å²) in [5.74, 6) is 2.46. The van der Waals surface area contributed by atoms with Gasteiger partial charge in [-0.15, -0.1) is 0 Å². The third-order valence-electron chi connectivity index (χ3n) is 6.28. The lowest BCUT2D eigenvalue weighted by atomic mass is 10.1. The SMILES string of the molecule is CCOc1ccccc1N1CCN(C(=O)Cc2ccc(Oc3nc(Cc4ccccc4)ns3)cc2)CC1. The Morgan fingerprint density at radius 2 is 1.62 bits per heavy atom. The Kier molecular flexibility index (Phi) is 7.96. The number of aromatic nitrogens is 2. The van der Waals surface area contributed by atoms with E-state index in [0.717, 1.165) is 41.5 Å². The minimum atomic E-state index is 0.140. The zero-order valence-corrected chi connectivity index (χ0v) is 21.7. The summed E-state index contributed by atoms with van der Waals surface area (Å²) < 4.78 is 16.1. The van der Waals surface area contributed by atoms with Crippen LogP contribution in [-0.2, 0) is 17.6 Å². The molecular weight excluding hydrogens is 484 g/mol. The second kappa shape index (κ2) is 11.9. The number of hydrogen-bond acceptors (Lipinski definition) is 7. The molecule has 0 bridgehead atoms. The molecule has 1 aliphatic heterocycles. The molecule has 7 nitrogen and oxygen atoms in total. The van der Waals surface area contributed by atoms with Crippen LogP contribution in [0.2, 0.25) is 0 Å². The minimum Gasteiger partial charge on any atom is -0.492 e. The average molecular weight is 515 g/mol. The van der Waals surface area contributed by atoms with Gasteiger partial charge in [0.05, 0.1) is 18.7 Å². The Hall–Kier alpha value is -3.91. The van der Waals surface area contributed by atoms with Crippen molar-refractivity contribution >= 4 is 23.1 Å². The van der Waals surface area contributed by atoms with Crippen LogP contribution in [0.1, 0.15) is 23.9 Å². The van der Waals surface area contributed by atoms with Crippen LogP contribution in [0.5, 0.6) is 16.7 Å². The molecule has 3 aromatic carbocycles. The van der Waals surface area contributed by atoms with E-state index < -0.39 is 0 Å². The van der Waals surface area contributed by atoms with Gasteiger partial charge in [-0.25, -0.2) is 0 Å². The van der Waals surface area contributed by atoms with Gasteiger partial charge >= 0.3 is 0 Å². The smallest absolute Gasteiger partial charge is 0.298 e. The summed E-state index contributed by atoms with van der Waals surface area (Å²) in [7, 11) is 0. The number of piperazine rings is 1. The van der Waals surface area contributed by atoms with Gasteiger partial charge in [0.2, 0.25) is 5.91 Å². The lowest BCUT2D eigenvalue weighted by Gasteiger charge is -2.36. The van der Waals surface area contributed by atoms with Crippen LogP contribution in [0.4, 0.5) is 5.69 Å². The first-order valence-corrected chi connectivity index (χ1v) is 13.3. The van der Waals surface area contributed by atoms with Crippen molar-refractivity contribution in [2.45, 2.75) is 19.8 Å². The molecule has 0 unspecified atom stereocenters. The second-order valence-electron chi connectivity index (χ2n) is 8.83. The number of carbonyl (C=O) groups is 1. The fraction of sp³-hybridized carbons (Fsp3) is 0.276. The predicted molar refractivity (Wildman–Crippen MR) is 146 cm³/mol. The number of benzene rings is 3. The van der Waals surface area contributed by atoms with E-state index in [-0.39, 0.29) is 5.91 Å². The van der Waals surface area contributed by atoms with Crippen molar-refractivity contribution in [3.63, 3.8) is 0 Å². The van der Waals surface area contributed by atoms with Crippen molar-refractivity contribution in [2.24, 2.45) is 0 Å². The Morgan fingerprint density at radius 3 is 2.38 bits per heavy atom. The summed E-state index contributed by atoms with van der Waals surface area (Å²) in [5, 5.41) is 0.513. The van der Waals surface area contributed by atoms with Gasteiger partial charge in [-0.1, -0.05) is 54.6 Å². The number of anilines is 1. The van der Waals surface area contributed by atoms with Gasteiger partial charge in [-0.05, 0) is 42.3 Å². The fourth-order valence-electron chi connectivity index (χ4n) is 4.38. The molecule has 0 spiro atoms. The van der Waals surface area contributed by atoms with Crippen molar-refractivity contribution in [3.05, 3.63) is 95.8 Å². The first kappa shape index (κ1) is 24.8. The normalized spacial score (nSPS) is 13.4. The van der Waals surface area contributed by atoms with Crippen molar-refractivity contribution < 1.29 is 14.3 Å². The molecule has 0 N–H and O–H groups in total. The zero-order chi connectivity index (χ0) is 25.5. The van der Waals surface area contributed by atoms with Gasteiger partial charge in [0.25, 0.3) is 5.19 Å². The second-order valence-corrected chi connectivity index (χ2v) is 9.54. The predicted octanol–water partition coefficient (Wildman–Crippen LogP) is 5.21. The van der Waals surface area contributed by atoms with E-state index in [4.69, 9.17) is 9.47 Å². The summed E-state index contributed by atoms with van der Waals surface area (Å²) in [6.45, 7) is 5.60. The first-order valence-electron chi connectivity index (χ1n) is 12.6. The van der Waals surface area contributed by atoms with Crippen LogP contribution in [0.25, 0.3) is 0 Å². The summed E-state index contributed by atoms with van der Waals surface area (Å²) in [5.41, 5.74) is 3.22. The van der Waals surface area contributed by atoms with Crippen molar-refractivity contribution in [1.82, 2.24) is 14.3 Å². The van der Waals surface area contributed by atoms with E-state index in [0.29, 0.717) is 43.5 Å². The molecule has 1 saturated heterocycles. The third kappa shape index (κ3) is 6.46. The molecule has 1 amide bonds. The molecule has 0 aliphatic carbocycles. The number of nitrogens with zero attached hydrogens (tertiary/aromatic N) is 4. The molecule has 0 atom stereocenters. The molecule has 1 aromatic heterocycles. The Balaban J connectivity index is 1.11. The number of hydrogen-bond donors (Lipinski definition) is 0. The van der Waals surface area contributed by atoms with Gasteiger partial charge in [0.15, 0.2) is 5.82 Å². The molecule has 0 radical (unpaired) electrons. The molecule has 2 heterocycles. The molecule has 37 heavy (non-hydrogen) atoms. The van der Waals surface area contributed by atoms with Crippen LogP contribution in [0.3, 0.4) is 0 Å². The standard InChI is InChI=1S/C29H30N4O3S/c1-2-35-26-11-7-6-10-25(26)32-16-18-33(19-17-32)28(34)21-23-12-14-24(15-13-23)36-29-30-27(31-37-29)20-22-8-4-3-5-9-22/h3-15H,2,16-21H2,1H3. The molecule has 8 heteroatoms. The van der Waals surface area contributed by atoms with E-state index in [2.05, 4.69) is 32.5 Å². The largest absolute Gasteiger partial charge is 0.492 e. The van der Waals surface area contributed by atoms with Gasteiger partial charge in [-0.2, -0.15) is 9.36 Å². The van der Waals surface area contributed by atoms with Crippen molar-refractivity contribution in [1.29, 1.82) is 0 Å². The van der Waals surface area contributed by atoms with E-state index in [9.17, 15) is 4.79 Å². The Morgan fingerprint density at radius 1 is 0.892 bits per heavy atom. The third-order valence-corrected chi connectivity index (χ3v) is 6.91. The molecule has 1 aliphatic rings. The van der Waals surface area contributed by atoms with Gasteiger partial charge in [0, 0.05) is 44.1 Å².